The molecule has 372 valence electrons. The highest BCUT2D eigenvalue weighted by Gasteiger charge is 2.13. The molecule has 6 nitrogen and oxygen atoms in total. The lowest BCUT2D eigenvalue weighted by atomic mass is 9.91. The van der Waals surface area contributed by atoms with Crippen molar-refractivity contribution in [2.45, 2.75) is 177 Å². The number of aryl methyl sites for hydroxylation is 8. The lowest BCUT2D eigenvalue weighted by molar-refractivity contribution is 0.888. The minimum absolute atomic E-state index is 0.855. The molecule has 0 radical (unpaired) electrons. The van der Waals surface area contributed by atoms with Crippen molar-refractivity contribution in [3.05, 3.63) is 175 Å². The maximum absolute atomic E-state index is 6.45. The van der Waals surface area contributed by atoms with E-state index in [9.17, 15) is 0 Å². The number of nitrogens with two attached hydrogens (primary N) is 6. The van der Waals surface area contributed by atoms with E-state index in [1.807, 2.05) is 24.3 Å². The summed E-state index contributed by atoms with van der Waals surface area (Å²) in [4.78, 5) is 0. The van der Waals surface area contributed by atoms with E-state index in [1.54, 1.807) is 0 Å². The second-order valence-electron chi connectivity index (χ2n) is 19.3. The van der Waals surface area contributed by atoms with Crippen molar-refractivity contribution < 1.29 is 0 Å². The van der Waals surface area contributed by atoms with Crippen LogP contribution in [0.4, 0.5) is 34.1 Å². The predicted octanol–water partition coefficient (Wildman–Crippen LogP) is 14.9. The fraction of sp³-hybridized carbons (Fsp3) is 0.429. The van der Waals surface area contributed by atoms with Crippen LogP contribution >= 0.6 is 0 Å². The fourth-order valence-electron chi connectivity index (χ4n) is 9.64. The van der Waals surface area contributed by atoms with Crippen molar-refractivity contribution in [2.75, 3.05) is 34.4 Å². The van der Waals surface area contributed by atoms with Gasteiger partial charge in [0.2, 0.25) is 0 Å². The molecular formula is C63H90N6. The van der Waals surface area contributed by atoms with Gasteiger partial charge >= 0.3 is 0 Å². The molecule has 0 amide bonds. The molecule has 0 saturated carbocycles. The highest BCUT2D eigenvalue weighted by atomic mass is 14.6. The van der Waals surface area contributed by atoms with Crippen LogP contribution in [0.3, 0.4) is 0 Å². The summed E-state index contributed by atoms with van der Waals surface area (Å²) in [5, 5.41) is 0. The van der Waals surface area contributed by atoms with Crippen LogP contribution in [0.2, 0.25) is 0 Å². The lowest BCUT2D eigenvalue weighted by Crippen LogP contribution is -2.05. The third-order valence-electron chi connectivity index (χ3n) is 13.0. The van der Waals surface area contributed by atoms with E-state index >= 15 is 0 Å². The van der Waals surface area contributed by atoms with E-state index < -0.39 is 0 Å². The second kappa shape index (κ2) is 29.2. The van der Waals surface area contributed by atoms with Crippen LogP contribution < -0.4 is 34.4 Å². The van der Waals surface area contributed by atoms with Gasteiger partial charge in [-0.15, -0.1) is 0 Å². The first-order valence-electron chi connectivity index (χ1n) is 26.6. The van der Waals surface area contributed by atoms with Crippen LogP contribution in [0, 0.1) is 0 Å². The Hall–Kier alpha value is -5.88. The molecule has 0 spiro atoms. The van der Waals surface area contributed by atoms with Gasteiger partial charge < -0.3 is 34.4 Å². The number of hydrogen-bond acceptors (Lipinski definition) is 6. The van der Waals surface area contributed by atoms with Gasteiger partial charge in [0, 0.05) is 34.1 Å². The van der Waals surface area contributed by atoms with Crippen molar-refractivity contribution in [3.63, 3.8) is 0 Å². The van der Waals surface area contributed by atoms with Gasteiger partial charge in [0.05, 0.1) is 0 Å². The number of benzene rings is 6. The van der Waals surface area contributed by atoms with Gasteiger partial charge in [-0.2, -0.15) is 0 Å². The fourth-order valence-corrected chi connectivity index (χ4v) is 9.64. The molecule has 0 unspecified atom stereocenters. The first-order chi connectivity index (χ1) is 33.3. The molecule has 0 aliphatic carbocycles. The van der Waals surface area contributed by atoms with Gasteiger partial charge in [0.25, 0.3) is 0 Å². The monoisotopic (exact) mass is 931 g/mol. The van der Waals surface area contributed by atoms with Gasteiger partial charge in [-0.3, -0.25) is 0 Å². The molecule has 0 atom stereocenters. The highest BCUT2D eigenvalue weighted by molar-refractivity contribution is 5.59. The third kappa shape index (κ3) is 17.2. The molecule has 0 aromatic heterocycles. The Balaban J connectivity index is 0.000000228. The zero-order valence-electron chi connectivity index (χ0n) is 44.1. The molecule has 0 saturated heterocycles. The van der Waals surface area contributed by atoms with E-state index in [2.05, 4.69) is 128 Å². The van der Waals surface area contributed by atoms with Crippen molar-refractivity contribution in [2.24, 2.45) is 0 Å². The van der Waals surface area contributed by atoms with Crippen molar-refractivity contribution in [1.82, 2.24) is 0 Å². The zero-order valence-corrected chi connectivity index (χ0v) is 44.1. The molecule has 12 N–H and O–H groups in total. The summed E-state index contributed by atoms with van der Waals surface area (Å²) < 4.78 is 0. The molecule has 6 aromatic carbocycles. The Kier molecular flexibility index (Phi) is 23.6. The first kappa shape index (κ1) is 55.7. The molecule has 0 aliphatic rings. The van der Waals surface area contributed by atoms with Crippen LogP contribution in [0.25, 0.3) is 0 Å². The maximum atomic E-state index is 6.45. The lowest BCUT2D eigenvalue weighted by Gasteiger charge is -2.16. The molecule has 0 bridgehead atoms. The average Bonchev–Trinajstić information content (AvgIpc) is 3.32. The zero-order chi connectivity index (χ0) is 50.3. The predicted molar refractivity (Wildman–Crippen MR) is 306 cm³/mol. The summed E-state index contributed by atoms with van der Waals surface area (Å²) >= 11 is 0. The van der Waals surface area contributed by atoms with Crippen LogP contribution in [0.15, 0.2) is 97.1 Å². The molecule has 6 heteroatoms. The Bertz CT molecular complexity index is 2270. The van der Waals surface area contributed by atoms with Crippen LogP contribution in [-0.2, 0) is 70.6 Å². The SMILES string of the molecule is CCCc1cc(Cc2cc(CCC)c(N)c(CCC)c2)cc(CCC)c1N.CCCc1cc(Cc2ccc(N)c(CCC)c2)ccc1N.CCCc1cc(N)ccc1Cc1ccc(N)cc1CCC. The van der Waals surface area contributed by atoms with Crippen LogP contribution in [-0.4, -0.2) is 0 Å². The largest absolute Gasteiger partial charge is 0.399 e. The Morgan fingerprint density at radius 1 is 0.246 bits per heavy atom. The van der Waals surface area contributed by atoms with E-state index in [4.69, 9.17) is 34.4 Å². The van der Waals surface area contributed by atoms with E-state index in [0.717, 1.165) is 156 Å². The van der Waals surface area contributed by atoms with E-state index in [0.29, 0.717) is 0 Å². The first-order valence-corrected chi connectivity index (χ1v) is 26.6. The van der Waals surface area contributed by atoms with E-state index in [-0.39, 0.29) is 0 Å². The summed E-state index contributed by atoms with van der Waals surface area (Å²) in [5.41, 5.74) is 61.1. The number of hydrogen-bond donors (Lipinski definition) is 6. The minimum atomic E-state index is 0.855. The second-order valence-corrected chi connectivity index (χ2v) is 19.3. The standard InChI is InChI=1S/C25H38N2.2C19H26N2/c1-5-9-20-14-18(15-21(10-6-2)24(20)26)13-19-16-22(11-7-3)25(27)23(17-19)12-8-4;1-3-5-16-12-14(7-9-18(16)20)11-15-8-10-19(21)17(13-15)6-4-2;1-3-5-14-12-18(20)9-7-16(14)11-17-8-10-19(21)13-15(17)6-4-2/h14-17H,5-13,26-27H2,1-4H3;2*7-10,12-13H,3-6,11,20-21H2,1-2H3. The summed E-state index contributed by atoms with van der Waals surface area (Å²) in [6.45, 7) is 17.7. The number of nitrogen functional groups attached to an aromatic ring is 6. The summed E-state index contributed by atoms with van der Waals surface area (Å²) in [7, 11) is 0. The van der Waals surface area contributed by atoms with Crippen LogP contribution in [0.5, 0.6) is 0 Å². The Morgan fingerprint density at radius 2 is 0.522 bits per heavy atom. The van der Waals surface area contributed by atoms with Crippen LogP contribution in [0.1, 0.15) is 185 Å². The molecule has 0 heterocycles. The summed E-state index contributed by atoms with van der Waals surface area (Å²) in [6.07, 6.45) is 20.4. The molecule has 69 heavy (non-hydrogen) atoms. The summed E-state index contributed by atoms with van der Waals surface area (Å²) in [5.74, 6) is 0. The van der Waals surface area contributed by atoms with Gasteiger partial charge in [-0.05, 0) is 185 Å². The highest BCUT2D eigenvalue weighted by Crippen LogP contribution is 2.29. The van der Waals surface area contributed by atoms with Crippen molar-refractivity contribution in [3.8, 4) is 0 Å². The third-order valence-corrected chi connectivity index (χ3v) is 13.0. The maximum Gasteiger partial charge on any atom is 0.0379 e. The normalized spacial score (nSPS) is 10.9. The summed E-state index contributed by atoms with van der Waals surface area (Å²) in [6, 6.07) is 34.7. The van der Waals surface area contributed by atoms with Crippen molar-refractivity contribution >= 4 is 34.1 Å². The smallest absolute Gasteiger partial charge is 0.0379 e. The topological polar surface area (TPSA) is 156 Å². The quantitative estimate of drug-likeness (QED) is 0.0372. The van der Waals surface area contributed by atoms with E-state index in [1.165, 1.54) is 77.9 Å². The van der Waals surface area contributed by atoms with Gasteiger partial charge in [-0.25, -0.2) is 0 Å². The molecule has 0 aliphatic heterocycles. The molecular weight excluding hydrogens is 841 g/mol. The molecule has 6 rings (SSSR count). The van der Waals surface area contributed by atoms with Gasteiger partial charge in [0.15, 0.2) is 0 Å². The molecule has 0 fully saturated rings. The van der Waals surface area contributed by atoms with Gasteiger partial charge in [-0.1, -0.05) is 167 Å². The number of anilines is 6. The van der Waals surface area contributed by atoms with Gasteiger partial charge in [0.1, 0.15) is 0 Å². The Labute approximate surface area is 419 Å². The number of rotatable bonds is 22. The van der Waals surface area contributed by atoms with Crippen molar-refractivity contribution in [1.29, 1.82) is 0 Å². The average molecular weight is 931 g/mol. The Morgan fingerprint density at radius 3 is 0.841 bits per heavy atom. The molecule has 6 aromatic rings. The minimum Gasteiger partial charge on any atom is -0.399 e.